The third-order valence-electron chi connectivity index (χ3n) is 6.47. The summed E-state index contributed by atoms with van der Waals surface area (Å²) in [6.45, 7) is 1.55. The summed E-state index contributed by atoms with van der Waals surface area (Å²) in [7, 11) is 0. The van der Waals surface area contributed by atoms with Crippen LogP contribution in [0.3, 0.4) is 0 Å². The van der Waals surface area contributed by atoms with Crippen LogP contribution in [0.1, 0.15) is 20.7 Å². The maximum absolute atomic E-state index is 13.2. The Bertz CT molecular complexity index is 1380. The fourth-order valence-electron chi connectivity index (χ4n) is 4.23. The fourth-order valence-corrected chi connectivity index (χ4v) is 4.88. The molecule has 3 amide bonds. The van der Waals surface area contributed by atoms with Crippen LogP contribution in [0.5, 0.6) is 0 Å². The number of amides is 3. The number of halogens is 3. The van der Waals surface area contributed by atoms with E-state index in [4.69, 9.17) is 27.9 Å². The summed E-state index contributed by atoms with van der Waals surface area (Å²) in [5.41, 5.74) is 1.37. The smallest absolute Gasteiger partial charge is 0.328 e. The SMILES string of the molecule is O=C(CNC(=O)c1cccc(NC2=NCC(F)CN2)c1)NCC(NC(=O)c1c(Cl)cc(N2CCOCC2)cc1Cl)C(=O)O. The molecular formula is C27H30Cl2FN7O6. The topological polar surface area (TPSA) is 173 Å². The maximum atomic E-state index is 13.2. The van der Waals surface area contributed by atoms with E-state index in [-0.39, 0.29) is 34.3 Å². The molecule has 0 saturated carbocycles. The molecule has 6 N–H and O–H groups in total. The van der Waals surface area contributed by atoms with Gasteiger partial charge in [0.05, 0.1) is 48.5 Å². The summed E-state index contributed by atoms with van der Waals surface area (Å²) in [6, 6.07) is 8.00. The lowest BCUT2D eigenvalue weighted by Gasteiger charge is -2.29. The molecular weight excluding hydrogens is 608 g/mol. The number of carbonyl (C=O) groups is 4. The number of hydrogen-bond acceptors (Lipinski definition) is 9. The number of rotatable bonds is 10. The molecule has 2 aromatic carbocycles. The van der Waals surface area contributed by atoms with Gasteiger partial charge in [-0.2, -0.15) is 0 Å². The largest absolute Gasteiger partial charge is 0.480 e. The van der Waals surface area contributed by atoms with E-state index in [1.54, 1.807) is 24.3 Å². The number of aliphatic carboxylic acids is 1. The minimum atomic E-state index is -1.51. The van der Waals surface area contributed by atoms with E-state index in [0.29, 0.717) is 43.6 Å². The van der Waals surface area contributed by atoms with E-state index in [9.17, 15) is 28.7 Å². The number of hydrogen-bond donors (Lipinski definition) is 6. The zero-order chi connectivity index (χ0) is 30.9. The molecule has 13 nitrogen and oxygen atoms in total. The Labute approximate surface area is 256 Å². The van der Waals surface area contributed by atoms with Crippen molar-refractivity contribution in [1.29, 1.82) is 0 Å². The first kappa shape index (κ1) is 31.8. The number of benzene rings is 2. The molecule has 43 heavy (non-hydrogen) atoms. The zero-order valence-corrected chi connectivity index (χ0v) is 24.3. The van der Waals surface area contributed by atoms with E-state index in [2.05, 4.69) is 31.6 Å². The van der Waals surface area contributed by atoms with Crippen molar-refractivity contribution in [2.24, 2.45) is 4.99 Å². The molecule has 2 atom stereocenters. The second kappa shape index (κ2) is 14.8. The fraction of sp³-hybridized carbons (Fsp3) is 0.370. The van der Waals surface area contributed by atoms with Crippen LogP contribution in [0.4, 0.5) is 15.8 Å². The number of guanidine groups is 1. The Hall–Kier alpha value is -4.14. The number of morpholine rings is 1. The Morgan fingerprint density at radius 3 is 2.47 bits per heavy atom. The molecule has 2 aliphatic rings. The van der Waals surface area contributed by atoms with Crippen LogP contribution < -0.4 is 31.5 Å². The monoisotopic (exact) mass is 637 g/mol. The van der Waals surface area contributed by atoms with Gasteiger partial charge in [-0.3, -0.25) is 14.4 Å². The van der Waals surface area contributed by atoms with Gasteiger partial charge < -0.3 is 41.3 Å². The van der Waals surface area contributed by atoms with Gasteiger partial charge >= 0.3 is 5.97 Å². The maximum Gasteiger partial charge on any atom is 0.328 e. The van der Waals surface area contributed by atoms with Gasteiger partial charge in [-0.15, -0.1) is 0 Å². The number of nitrogens with zero attached hydrogens (tertiary/aromatic N) is 2. The number of nitrogens with one attached hydrogen (secondary N) is 5. The molecule has 2 unspecified atom stereocenters. The summed E-state index contributed by atoms with van der Waals surface area (Å²) in [6.07, 6.45) is -1.06. The van der Waals surface area contributed by atoms with Crippen molar-refractivity contribution >= 4 is 64.2 Å². The van der Waals surface area contributed by atoms with E-state index in [1.807, 2.05) is 4.90 Å². The first-order valence-electron chi connectivity index (χ1n) is 13.3. The van der Waals surface area contributed by atoms with Crippen LogP contribution in [0.25, 0.3) is 0 Å². The standard InChI is InChI=1S/C27H30Cl2FN7O6/c28-19-9-18(37-4-6-43-7-5-37)10-20(29)23(19)25(40)36-21(26(41)42)13-31-22(38)14-32-24(39)15-2-1-3-17(8-15)35-27-33-11-16(30)12-34-27/h1-3,8-10,16,21H,4-7,11-14H2,(H,31,38)(H,32,39)(H,36,40)(H,41,42)(H2,33,34,35). The molecule has 0 aliphatic carbocycles. The van der Waals surface area contributed by atoms with Crippen molar-refractivity contribution in [3.63, 3.8) is 0 Å². The first-order valence-corrected chi connectivity index (χ1v) is 14.1. The van der Waals surface area contributed by atoms with Crippen molar-refractivity contribution in [2.45, 2.75) is 12.2 Å². The van der Waals surface area contributed by atoms with Gasteiger partial charge in [-0.1, -0.05) is 29.3 Å². The lowest BCUT2D eigenvalue weighted by molar-refractivity contribution is -0.139. The van der Waals surface area contributed by atoms with Crippen molar-refractivity contribution < 1.29 is 33.4 Å². The molecule has 2 heterocycles. The Morgan fingerprint density at radius 2 is 1.81 bits per heavy atom. The summed E-state index contributed by atoms with van der Waals surface area (Å²) in [4.78, 5) is 55.6. The Balaban J connectivity index is 1.27. The lowest BCUT2D eigenvalue weighted by atomic mass is 10.1. The van der Waals surface area contributed by atoms with Gasteiger partial charge in [0.15, 0.2) is 5.96 Å². The molecule has 2 aliphatic heterocycles. The molecule has 0 spiro atoms. The molecule has 230 valence electrons. The Kier molecular flexibility index (Phi) is 11.0. The van der Waals surface area contributed by atoms with E-state index >= 15 is 0 Å². The third kappa shape index (κ3) is 8.92. The quantitative estimate of drug-likeness (QED) is 0.224. The highest BCUT2D eigenvalue weighted by Crippen LogP contribution is 2.31. The number of alkyl halides is 1. The number of anilines is 2. The second-order valence-corrected chi connectivity index (χ2v) is 10.4. The molecule has 0 bridgehead atoms. The number of aliphatic imine (C=N–C) groups is 1. The third-order valence-corrected chi connectivity index (χ3v) is 7.07. The highest BCUT2D eigenvalue weighted by atomic mass is 35.5. The molecule has 4 rings (SSSR count). The van der Waals surface area contributed by atoms with Crippen LogP contribution in [0, 0.1) is 0 Å². The number of carboxylic acids is 1. The summed E-state index contributed by atoms with van der Waals surface area (Å²) in [5.74, 6) is -3.10. The highest BCUT2D eigenvalue weighted by molar-refractivity contribution is 6.40. The van der Waals surface area contributed by atoms with Gasteiger partial charge in [0, 0.05) is 36.6 Å². The Morgan fingerprint density at radius 1 is 1.09 bits per heavy atom. The minimum absolute atomic E-state index is 0.0288. The van der Waals surface area contributed by atoms with E-state index in [1.165, 1.54) is 12.1 Å². The van der Waals surface area contributed by atoms with Crippen LogP contribution in [0.2, 0.25) is 10.0 Å². The van der Waals surface area contributed by atoms with Gasteiger partial charge in [0.25, 0.3) is 11.8 Å². The van der Waals surface area contributed by atoms with Crippen LogP contribution in [0.15, 0.2) is 41.4 Å². The second-order valence-electron chi connectivity index (χ2n) is 9.61. The minimum Gasteiger partial charge on any atom is -0.480 e. The highest BCUT2D eigenvalue weighted by Gasteiger charge is 2.25. The van der Waals surface area contributed by atoms with E-state index in [0.717, 1.165) is 0 Å². The van der Waals surface area contributed by atoms with Crippen molar-refractivity contribution in [3.05, 3.63) is 57.6 Å². The predicted octanol–water partition coefficient (Wildman–Crippen LogP) is 1.27. The van der Waals surface area contributed by atoms with Crippen LogP contribution in [-0.4, -0.2) is 99.5 Å². The molecule has 16 heteroatoms. The van der Waals surface area contributed by atoms with E-state index < -0.39 is 49.0 Å². The van der Waals surface area contributed by atoms with Crippen molar-refractivity contribution in [2.75, 3.05) is 62.7 Å². The number of carboxylic acid groups (broad SMARTS) is 1. The molecule has 2 aromatic rings. The summed E-state index contributed by atoms with van der Waals surface area (Å²) >= 11 is 12.7. The van der Waals surface area contributed by atoms with Crippen LogP contribution in [-0.2, 0) is 14.3 Å². The van der Waals surface area contributed by atoms with Gasteiger partial charge in [0.2, 0.25) is 5.91 Å². The predicted molar refractivity (Wildman–Crippen MR) is 159 cm³/mol. The lowest BCUT2D eigenvalue weighted by Crippen LogP contribution is -2.50. The first-order chi connectivity index (χ1) is 20.6. The summed E-state index contributed by atoms with van der Waals surface area (Å²) in [5, 5.41) is 22.6. The average molecular weight is 638 g/mol. The van der Waals surface area contributed by atoms with Gasteiger partial charge in [-0.05, 0) is 30.3 Å². The average Bonchev–Trinajstić information content (AvgIpc) is 2.99. The van der Waals surface area contributed by atoms with Gasteiger partial charge in [0.1, 0.15) is 12.2 Å². The van der Waals surface area contributed by atoms with Crippen LogP contribution >= 0.6 is 23.2 Å². The summed E-state index contributed by atoms with van der Waals surface area (Å²) < 4.78 is 18.6. The zero-order valence-electron chi connectivity index (χ0n) is 22.8. The number of carbonyl (C=O) groups excluding carboxylic acids is 3. The van der Waals surface area contributed by atoms with Gasteiger partial charge in [-0.25, -0.2) is 14.2 Å². The number of ether oxygens (including phenoxy) is 1. The molecule has 0 aromatic heterocycles. The van der Waals surface area contributed by atoms with Crippen molar-refractivity contribution in [3.8, 4) is 0 Å². The molecule has 1 saturated heterocycles. The molecule has 1 fully saturated rings. The molecule has 0 radical (unpaired) electrons. The normalized spacial score (nSPS) is 17.1. The van der Waals surface area contributed by atoms with Crippen molar-refractivity contribution in [1.82, 2.24) is 21.3 Å².